The third-order valence-corrected chi connectivity index (χ3v) is 4.02. The summed E-state index contributed by atoms with van der Waals surface area (Å²) in [5.74, 6) is 0.936. The molecule has 0 amide bonds. The van der Waals surface area contributed by atoms with Crippen molar-refractivity contribution >= 4 is 5.96 Å². The average Bonchev–Trinajstić information content (AvgIpc) is 3.02. The molecule has 5 nitrogen and oxygen atoms in total. The fourth-order valence-electron chi connectivity index (χ4n) is 2.81. The maximum atomic E-state index is 11.6. The molecule has 1 aliphatic rings. The van der Waals surface area contributed by atoms with Gasteiger partial charge in [0.1, 0.15) is 0 Å². The molecule has 0 unspecified atom stereocenters. The molecule has 0 aromatic carbocycles. The Morgan fingerprint density at radius 3 is 2.86 bits per heavy atom. The Labute approximate surface area is 132 Å². The Kier molecular flexibility index (Phi) is 7.00. The number of rotatable bonds is 7. The van der Waals surface area contributed by atoms with Crippen LogP contribution in [0.4, 0.5) is 0 Å². The van der Waals surface area contributed by atoms with Gasteiger partial charge in [0.2, 0.25) is 5.56 Å². The molecule has 1 aromatic rings. The van der Waals surface area contributed by atoms with Crippen LogP contribution in [0, 0.1) is 0 Å². The fraction of sp³-hybridized carbons (Fsp3) is 0.647. The molecule has 2 rings (SSSR count). The molecule has 0 radical (unpaired) electrons. The van der Waals surface area contributed by atoms with Crippen LogP contribution in [0.15, 0.2) is 34.2 Å². The largest absolute Gasteiger partial charge is 0.357 e. The van der Waals surface area contributed by atoms with E-state index in [1.807, 2.05) is 12.3 Å². The summed E-state index contributed by atoms with van der Waals surface area (Å²) < 4.78 is 1.76. The number of guanidine groups is 1. The van der Waals surface area contributed by atoms with Crippen LogP contribution in [0.3, 0.4) is 0 Å². The van der Waals surface area contributed by atoms with Gasteiger partial charge in [-0.1, -0.05) is 18.9 Å². The van der Waals surface area contributed by atoms with Crippen LogP contribution in [0.1, 0.15) is 45.4 Å². The zero-order valence-corrected chi connectivity index (χ0v) is 13.6. The van der Waals surface area contributed by atoms with Crippen molar-refractivity contribution in [2.24, 2.45) is 4.99 Å². The number of aryl methyl sites for hydroxylation is 1. The third-order valence-electron chi connectivity index (χ3n) is 4.02. The van der Waals surface area contributed by atoms with Gasteiger partial charge in [0.15, 0.2) is 5.96 Å². The molecule has 0 atom stereocenters. The van der Waals surface area contributed by atoms with Gasteiger partial charge < -0.3 is 15.2 Å². The van der Waals surface area contributed by atoms with E-state index in [2.05, 4.69) is 22.5 Å². The van der Waals surface area contributed by atoms with E-state index < -0.39 is 0 Å². The molecule has 0 saturated heterocycles. The minimum Gasteiger partial charge on any atom is -0.357 e. The molecule has 122 valence electrons. The Morgan fingerprint density at radius 1 is 1.32 bits per heavy atom. The van der Waals surface area contributed by atoms with Crippen molar-refractivity contribution in [3.05, 3.63) is 34.7 Å². The average molecular weight is 304 g/mol. The van der Waals surface area contributed by atoms with Gasteiger partial charge in [0, 0.05) is 37.9 Å². The second-order valence-corrected chi connectivity index (χ2v) is 5.83. The molecule has 1 aliphatic carbocycles. The predicted octanol–water partition coefficient (Wildman–Crippen LogP) is 2.13. The summed E-state index contributed by atoms with van der Waals surface area (Å²) in [7, 11) is 0. The lowest BCUT2D eigenvalue weighted by atomic mass is 10.2. The first kappa shape index (κ1) is 16.6. The van der Waals surface area contributed by atoms with Crippen molar-refractivity contribution in [3.8, 4) is 0 Å². The van der Waals surface area contributed by atoms with E-state index in [1.54, 1.807) is 16.7 Å². The summed E-state index contributed by atoms with van der Waals surface area (Å²) in [5.41, 5.74) is 0.0715. The Balaban J connectivity index is 1.71. The number of pyridine rings is 1. The van der Waals surface area contributed by atoms with E-state index >= 15 is 0 Å². The van der Waals surface area contributed by atoms with Crippen LogP contribution in [-0.4, -0.2) is 29.7 Å². The SMILES string of the molecule is CCNC(=NCCCCn1ccccc1=O)NC1CCCC1. The van der Waals surface area contributed by atoms with E-state index in [0.717, 1.165) is 38.4 Å². The van der Waals surface area contributed by atoms with Crippen molar-refractivity contribution in [1.82, 2.24) is 15.2 Å². The first-order valence-electron chi connectivity index (χ1n) is 8.50. The molecule has 0 aliphatic heterocycles. The zero-order chi connectivity index (χ0) is 15.6. The van der Waals surface area contributed by atoms with Gasteiger partial charge in [-0.3, -0.25) is 9.79 Å². The Morgan fingerprint density at radius 2 is 2.14 bits per heavy atom. The second-order valence-electron chi connectivity index (χ2n) is 5.83. The molecular formula is C17H28N4O. The van der Waals surface area contributed by atoms with Gasteiger partial charge in [0.25, 0.3) is 0 Å². The lowest BCUT2D eigenvalue weighted by Crippen LogP contribution is -2.42. The highest BCUT2D eigenvalue weighted by atomic mass is 16.1. The lowest BCUT2D eigenvalue weighted by molar-refractivity contribution is 0.591. The highest BCUT2D eigenvalue weighted by molar-refractivity contribution is 5.80. The van der Waals surface area contributed by atoms with Gasteiger partial charge >= 0.3 is 0 Å². The van der Waals surface area contributed by atoms with Crippen molar-refractivity contribution < 1.29 is 0 Å². The minimum absolute atomic E-state index is 0.0715. The van der Waals surface area contributed by atoms with E-state index in [1.165, 1.54) is 25.7 Å². The quantitative estimate of drug-likeness (QED) is 0.461. The number of unbranched alkanes of at least 4 members (excludes halogenated alkanes) is 1. The molecule has 22 heavy (non-hydrogen) atoms. The summed E-state index contributed by atoms with van der Waals surface area (Å²) in [6.07, 6.45) is 8.95. The molecular weight excluding hydrogens is 276 g/mol. The summed E-state index contributed by atoms with van der Waals surface area (Å²) in [6, 6.07) is 5.86. The monoisotopic (exact) mass is 304 g/mol. The minimum atomic E-state index is 0.0715. The number of aliphatic imine (C=N–C) groups is 1. The second kappa shape index (κ2) is 9.28. The molecule has 1 fully saturated rings. The van der Waals surface area contributed by atoms with Crippen LogP contribution in [0.5, 0.6) is 0 Å². The summed E-state index contributed by atoms with van der Waals surface area (Å²) >= 11 is 0. The summed E-state index contributed by atoms with van der Waals surface area (Å²) in [4.78, 5) is 16.2. The van der Waals surface area contributed by atoms with Gasteiger partial charge in [-0.05, 0) is 38.7 Å². The molecule has 1 aromatic heterocycles. The number of hydrogen-bond donors (Lipinski definition) is 2. The first-order valence-corrected chi connectivity index (χ1v) is 8.50. The van der Waals surface area contributed by atoms with Crippen LogP contribution in [-0.2, 0) is 6.54 Å². The lowest BCUT2D eigenvalue weighted by Gasteiger charge is -2.16. The summed E-state index contributed by atoms with van der Waals surface area (Å²) in [6.45, 7) is 4.54. The van der Waals surface area contributed by atoms with Crippen LogP contribution < -0.4 is 16.2 Å². The van der Waals surface area contributed by atoms with Crippen molar-refractivity contribution in [3.63, 3.8) is 0 Å². The highest BCUT2D eigenvalue weighted by Gasteiger charge is 2.15. The molecule has 5 heteroatoms. The van der Waals surface area contributed by atoms with E-state index in [4.69, 9.17) is 0 Å². The Bertz CT molecular complexity index is 517. The molecule has 1 saturated carbocycles. The smallest absolute Gasteiger partial charge is 0.250 e. The first-order chi connectivity index (χ1) is 10.8. The normalized spacial score (nSPS) is 16.0. The predicted molar refractivity (Wildman–Crippen MR) is 91.3 cm³/mol. The van der Waals surface area contributed by atoms with Crippen LogP contribution in [0.25, 0.3) is 0 Å². The van der Waals surface area contributed by atoms with Crippen LogP contribution >= 0.6 is 0 Å². The topological polar surface area (TPSA) is 58.4 Å². The van der Waals surface area contributed by atoms with Crippen molar-refractivity contribution in [2.75, 3.05) is 13.1 Å². The molecule has 0 bridgehead atoms. The third kappa shape index (κ3) is 5.54. The van der Waals surface area contributed by atoms with Crippen molar-refractivity contribution in [2.45, 2.75) is 58.0 Å². The molecule has 1 heterocycles. The zero-order valence-electron chi connectivity index (χ0n) is 13.6. The molecule has 0 spiro atoms. The van der Waals surface area contributed by atoms with E-state index in [9.17, 15) is 4.79 Å². The highest BCUT2D eigenvalue weighted by Crippen LogP contribution is 2.17. The fourth-order valence-corrected chi connectivity index (χ4v) is 2.81. The number of nitrogens with one attached hydrogen (secondary N) is 2. The number of nitrogens with zero attached hydrogens (tertiary/aromatic N) is 2. The van der Waals surface area contributed by atoms with Crippen LogP contribution in [0.2, 0.25) is 0 Å². The Hall–Kier alpha value is -1.78. The number of aromatic nitrogens is 1. The standard InChI is InChI=1S/C17H28N4O/c1-2-18-17(20-15-9-3-4-10-15)19-12-6-8-14-21-13-7-5-11-16(21)22/h5,7,11,13,15H,2-4,6,8-10,12,14H2,1H3,(H2,18,19,20). The maximum absolute atomic E-state index is 11.6. The number of hydrogen-bond acceptors (Lipinski definition) is 2. The van der Waals surface area contributed by atoms with Gasteiger partial charge in [0.05, 0.1) is 0 Å². The molecule has 2 N–H and O–H groups in total. The van der Waals surface area contributed by atoms with Crippen molar-refractivity contribution in [1.29, 1.82) is 0 Å². The van der Waals surface area contributed by atoms with Gasteiger partial charge in [-0.2, -0.15) is 0 Å². The summed E-state index contributed by atoms with van der Waals surface area (Å²) in [5, 5.41) is 6.83. The van der Waals surface area contributed by atoms with E-state index in [-0.39, 0.29) is 5.56 Å². The van der Waals surface area contributed by atoms with Gasteiger partial charge in [-0.15, -0.1) is 0 Å². The van der Waals surface area contributed by atoms with E-state index in [0.29, 0.717) is 6.04 Å². The van der Waals surface area contributed by atoms with Gasteiger partial charge in [-0.25, -0.2) is 0 Å². The maximum Gasteiger partial charge on any atom is 0.250 e.